The van der Waals surface area contributed by atoms with E-state index in [4.69, 9.17) is 0 Å². The molecule has 3 aromatic rings. The van der Waals surface area contributed by atoms with Crippen LogP contribution in [0.2, 0.25) is 0 Å². The number of carbonyl (C=O) groups excluding carboxylic acids is 1. The molecule has 0 spiro atoms. The van der Waals surface area contributed by atoms with Gasteiger partial charge in [-0.15, -0.1) is 0 Å². The summed E-state index contributed by atoms with van der Waals surface area (Å²) in [5, 5.41) is 0. The topological polar surface area (TPSA) is 54.5 Å². The number of anilines is 1. The summed E-state index contributed by atoms with van der Waals surface area (Å²) < 4.78 is 25.1. The molecule has 0 aliphatic carbocycles. The van der Waals surface area contributed by atoms with Gasteiger partial charge in [-0.2, -0.15) is 0 Å². The fraction of sp³-hybridized carbons (Fsp3) is 0.208. The van der Waals surface area contributed by atoms with Gasteiger partial charge in [0.15, 0.2) is 9.84 Å². The number of hydrogen-bond acceptors (Lipinski definition) is 3. The first-order valence-electron chi connectivity index (χ1n) is 9.73. The van der Waals surface area contributed by atoms with Crippen molar-refractivity contribution >= 4 is 21.4 Å². The number of para-hydroxylation sites is 1. The maximum atomic E-state index is 13.1. The fourth-order valence-corrected chi connectivity index (χ4v) is 5.25. The second-order valence-electron chi connectivity index (χ2n) is 7.41. The van der Waals surface area contributed by atoms with E-state index in [2.05, 4.69) is 6.07 Å². The average Bonchev–Trinajstić information content (AvgIpc) is 2.74. The molecule has 5 heteroatoms. The number of fused-ring (bicyclic) bond motifs is 1. The summed E-state index contributed by atoms with van der Waals surface area (Å²) in [4.78, 5) is 15.3. The molecule has 0 saturated carbocycles. The van der Waals surface area contributed by atoms with E-state index in [1.807, 2.05) is 24.0 Å². The number of sulfone groups is 1. The minimum atomic E-state index is -3.41. The molecule has 3 aromatic carbocycles. The second-order valence-corrected chi connectivity index (χ2v) is 9.40. The molecule has 1 aliphatic rings. The lowest BCUT2D eigenvalue weighted by molar-refractivity contribution is 0.0985. The lowest BCUT2D eigenvalue weighted by atomic mass is 9.97. The van der Waals surface area contributed by atoms with Gasteiger partial charge >= 0.3 is 0 Å². The summed E-state index contributed by atoms with van der Waals surface area (Å²) in [6, 6.07) is 21.5. The molecule has 29 heavy (non-hydrogen) atoms. The molecule has 4 rings (SSSR count). The summed E-state index contributed by atoms with van der Waals surface area (Å²) in [6.07, 6.45) is 1.92. The van der Waals surface area contributed by atoms with Gasteiger partial charge < -0.3 is 4.90 Å². The highest BCUT2D eigenvalue weighted by atomic mass is 32.2. The predicted molar refractivity (Wildman–Crippen MR) is 115 cm³/mol. The Kier molecular flexibility index (Phi) is 5.24. The van der Waals surface area contributed by atoms with Gasteiger partial charge in [0, 0.05) is 12.1 Å². The molecule has 0 aromatic heterocycles. The first-order chi connectivity index (χ1) is 14.0. The van der Waals surface area contributed by atoms with Gasteiger partial charge in [-0.25, -0.2) is 8.42 Å². The molecule has 0 N–H and O–H groups in total. The Labute approximate surface area is 171 Å². The third-order valence-electron chi connectivity index (χ3n) is 5.32. The maximum Gasteiger partial charge on any atom is 0.258 e. The number of benzene rings is 3. The van der Waals surface area contributed by atoms with E-state index in [-0.39, 0.29) is 11.7 Å². The van der Waals surface area contributed by atoms with Crippen molar-refractivity contribution < 1.29 is 13.2 Å². The number of amides is 1. The number of hydrogen-bond donors (Lipinski definition) is 0. The summed E-state index contributed by atoms with van der Waals surface area (Å²) in [5.41, 5.74) is 4.55. The summed E-state index contributed by atoms with van der Waals surface area (Å²) in [7, 11) is -3.41. The van der Waals surface area contributed by atoms with Crippen LogP contribution in [0.25, 0.3) is 0 Å². The number of carbonyl (C=O) groups is 1. The van der Waals surface area contributed by atoms with Crippen LogP contribution in [-0.2, 0) is 22.0 Å². The average molecular weight is 406 g/mol. The van der Waals surface area contributed by atoms with E-state index < -0.39 is 9.84 Å². The van der Waals surface area contributed by atoms with E-state index in [1.165, 1.54) is 5.56 Å². The van der Waals surface area contributed by atoms with Crippen molar-refractivity contribution in [2.45, 2.75) is 30.4 Å². The molecular formula is C24H23NO3S. The van der Waals surface area contributed by atoms with Crippen LogP contribution in [0.5, 0.6) is 0 Å². The van der Waals surface area contributed by atoms with Gasteiger partial charge in [0.1, 0.15) is 0 Å². The van der Waals surface area contributed by atoms with E-state index in [0.29, 0.717) is 22.6 Å². The third-order valence-corrected chi connectivity index (χ3v) is 7.03. The van der Waals surface area contributed by atoms with Crippen LogP contribution in [0.15, 0.2) is 77.7 Å². The van der Waals surface area contributed by atoms with Crippen molar-refractivity contribution in [3.8, 4) is 0 Å². The van der Waals surface area contributed by atoms with Crippen LogP contribution in [0.4, 0.5) is 5.69 Å². The largest absolute Gasteiger partial charge is 0.308 e. The zero-order valence-corrected chi connectivity index (χ0v) is 17.2. The Hall–Kier alpha value is -2.92. The molecule has 1 amide bonds. The molecule has 0 atom stereocenters. The minimum Gasteiger partial charge on any atom is -0.308 e. The van der Waals surface area contributed by atoms with Crippen molar-refractivity contribution in [3.63, 3.8) is 0 Å². The van der Waals surface area contributed by atoms with Gasteiger partial charge in [0.2, 0.25) is 0 Å². The minimum absolute atomic E-state index is 0.0438. The van der Waals surface area contributed by atoms with Crippen molar-refractivity contribution in [3.05, 3.63) is 95.1 Å². The van der Waals surface area contributed by atoms with Crippen molar-refractivity contribution in [2.24, 2.45) is 0 Å². The molecule has 0 unspecified atom stereocenters. The molecule has 1 heterocycles. The Morgan fingerprint density at radius 2 is 1.66 bits per heavy atom. The standard InChI is InChI=1S/C24H23NO3S/c1-18-7-5-8-20-9-6-16-25(23(18)20)24(26)21-14-12-19(13-15-21)17-29(27,28)22-10-3-2-4-11-22/h2-5,7-8,10-15H,6,9,16-17H2,1H3. The molecule has 4 nitrogen and oxygen atoms in total. The Balaban J connectivity index is 1.56. The lowest BCUT2D eigenvalue weighted by Gasteiger charge is -2.31. The van der Waals surface area contributed by atoms with Crippen molar-refractivity contribution in [2.75, 3.05) is 11.4 Å². The predicted octanol–water partition coefficient (Wildman–Crippen LogP) is 4.56. The maximum absolute atomic E-state index is 13.1. The smallest absolute Gasteiger partial charge is 0.258 e. The van der Waals surface area contributed by atoms with Crippen molar-refractivity contribution in [1.82, 2.24) is 0 Å². The van der Waals surface area contributed by atoms with Gasteiger partial charge in [-0.1, -0.05) is 48.5 Å². The zero-order chi connectivity index (χ0) is 20.4. The van der Waals surface area contributed by atoms with Crippen LogP contribution >= 0.6 is 0 Å². The normalized spacial score (nSPS) is 13.8. The highest BCUT2D eigenvalue weighted by Gasteiger charge is 2.25. The van der Waals surface area contributed by atoms with Crippen LogP contribution in [-0.4, -0.2) is 20.9 Å². The molecule has 148 valence electrons. The molecule has 0 fully saturated rings. The SMILES string of the molecule is Cc1cccc2c1N(C(=O)c1ccc(CS(=O)(=O)c3ccccc3)cc1)CCC2. The molecular weight excluding hydrogens is 382 g/mol. The second kappa shape index (κ2) is 7.84. The van der Waals surface area contributed by atoms with Gasteiger partial charge in [-0.3, -0.25) is 4.79 Å². The lowest BCUT2D eigenvalue weighted by Crippen LogP contribution is -2.36. The number of aryl methyl sites for hydroxylation is 2. The Morgan fingerprint density at radius 3 is 2.38 bits per heavy atom. The summed E-state index contributed by atoms with van der Waals surface area (Å²) in [5.74, 6) is -0.130. The van der Waals surface area contributed by atoms with Gasteiger partial charge in [-0.05, 0) is 60.7 Å². The van der Waals surface area contributed by atoms with E-state index in [0.717, 1.165) is 24.1 Å². The molecule has 0 radical (unpaired) electrons. The van der Waals surface area contributed by atoms with Crippen LogP contribution in [0.1, 0.15) is 33.5 Å². The molecule has 1 aliphatic heterocycles. The van der Waals surface area contributed by atoms with E-state index in [9.17, 15) is 13.2 Å². The zero-order valence-electron chi connectivity index (χ0n) is 16.3. The third kappa shape index (κ3) is 3.96. The molecule has 0 bridgehead atoms. The Morgan fingerprint density at radius 1 is 0.931 bits per heavy atom. The highest BCUT2D eigenvalue weighted by molar-refractivity contribution is 7.90. The first-order valence-corrected chi connectivity index (χ1v) is 11.4. The summed E-state index contributed by atoms with van der Waals surface area (Å²) in [6.45, 7) is 2.72. The van der Waals surface area contributed by atoms with Crippen LogP contribution in [0.3, 0.4) is 0 Å². The quantitative estimate of drug-likeness (QED) is 0.639. The van der Waals surface area contributed by atoms with Gasteiger partial charge in [0.05, 0.1) is 16.3 Å². The van der Waals surface area contributed by atoms with E-state index >= 15 is 0 Å². The Bertz CT molecular complexity index is 1140. The van der Waals surface area contributed by atoms with Crippen LogP contribution in [0, 0.1) is 6.92 Å². The van der Waals surface area contributed by atoms with Crippen molar-refractivity contribution in [1.29, 1.82) is 0 Å². The van der Waals surface area contributed by atoms with E-state index in [1.54, 1.807) is 54.6 Å². The van der Waals surface area contributed by atoms with Gasteiger partial charge in [0.25, 0.3) is 5.91 Å². The molecule has 0 saturated heterocycles. The van der Waals surface area contributed by atoms with Crippen LogP contribution < -0.4 is 4.90 Å². The summed E-state index contributed by atoms with van der Waals surface area (Å²) >= 11 is 0. The highest BCUT2D eigenvalue weighted by Crippen LogP contribution is 2.31. The monoisotopic (exact) mass is 405 g/mol. The number of rotatable bonds is 4. The number of nitrogens with zero attached hydrogens (tertiary/aromatic N) is 1. The fourth-order valence-electron chi connectivity index (χ4n) is 3.88. The first kappa shape index (κ1) is 19.4.